The van der Waals surface area contributed by atoms with Crippen molar-refractivity contribution in [2.24, 2.45) is 0 Å². The maximum atomic E-state index is 13.0. The Morgan fingerprint density at radius 3 is 2.37 bits per heavy atom. The lowest BCUT2D eigenvalue weighted by Gasteiger charge is -2.34. The number of carbonyl (C=O) groups is 1. The molecule has 6 nitrogen and oxygen atoms in total. The lowest BCUT2D eigenvalue weighted by atomic mass is 9.98. The van der Waals surface area contributed by atoms with Gasteiger partial charge < -0.3 is 10.1 Å². The number of nitrogens with one attached hydrogen (secondary N) is 1. The van der Waals surface area contributed by atoms with Crippen molar-refractivity contribution < 1.29 is 9.53 Å². The van der Waals surface area contributed by atoms with Crippen LogP contribution in [0.4, 0.5) is 4.79 Å². The third-order valence-corrected chi connectivity index (χ3v) is 6.16. The summed E-state index contributed by atoms with van der Waals surface area (Å²) < 4.78 is 6.66. The summed E-state index contributed by atoms with van der Waals surface area (Å²) in [5.74, 6) is 0.658. The molecule has 0 saturated carbocycles. The van der Waals surface area contributed by atoms with E-state index in [2.05, 4.69) is 55.5 Å². The molecule has 1 fully saturated rings. The van der Waals surface area contributed by atoms with Crippen LogP contribution >= 0.6 is 15.9 Å². The van der Waals surface area contributed by atoms with Gasteiger partial charge in [0.2, 0.25) is 0 Å². The van der Waals surface area contributed by atoms with E-state index in [-0.39, 0.29) is 18.1 Å². The molecule has 0 radical (unpaired) electrons. The van der Waals surface area contributed by atoms with Crippen LogP contribution in [0.1, 0.15) is 28.9 Å². The molecule has 0 bridgehead atoms. The topological polar surface area (TPSA) is 67.3 Å². The van der Waals surface area contributed by atoms with Crippen molar-refractivity contribution in [3.63, 3.8) is 0 Å². The number of aromatic nitrogens is 2. The highest BCUT2D eigenvalue weighted by molar-refractivity contribution is 9.10. The Labute approximate surface area is 183 Å². The molecule has 1 N–H and O–H groups in total. The number of halogens is 1. The Bertz CT molecular complexity index is 1030. The molecule has 1 unspecified atom stereocenters. The summed E-state index contributed by atoms with van der Waals surface area (Å²) in [4.78, 5) is 23.5. The van der Waals surface area contributed by atoms with Crippen molar-refractivity contribution in [2.75, 3.05) is 26.2 Å². The zero-order valence-corrected chi connectivity index (χ0v) is 17.9. The van der Waals surface area contributed by atoms with Crippen LogP contribution in [0.3, 0.4) is 0 Å². The maximum absolute atomic E-state index is 13.0. The Morgan fingerprint density at radius 1 is 1.07 bits per heavy atom. The fraction of sp³-hybridized carbons (Fsp3) is 0.261. The standard InChI is InChI=1S/C23H21BrN4O2/c24-15-11-26-22(27-12-15)21-13-25-9-10-28(21)23(29)30-14-20-18-7-3-1-5-16(18)17-6-2-4-8-19(17)20/h1-8,11-12,20-21,25H,9-10,13-14H2. The SMILES string of the molecule is O=C(OCC1c2ccccc2-c2ccccc21)N1CCNCC1c1ncc(Br)cn1. The summed E-state index contributed by atoms with van der Waals surface area (Å²) in [5.41, 5.74) is 4.86. The van der Waals surface area contributed by atoms with Gasteiger partial charge in [-0.1, -0.05) is 48.5 Å². The number of carbonyl (C=O) groups excluding carboxylic acids is 1. The molecule has 0 spiro atoms. The predicted molar refractivity (Wildman–Crippen MR) is 117 cm³/mol. The molecular weight excluding hydrogens is 444 g/mol. The summed E-state index contributed by atoms with van der Waals surface area (Å²) in [6.45, 7) is 2.19. The quantitative estimate of drug-likeness (QED) is 0.630. The van der Waals surface area contributed by atoms with Crippen molar-refractivity contribution in [3.05, 3.63) is 82.3 Å². The van der Waals surface area contributed by atoms with Gasteiger partial charge in [-0.2, -0.15) is 0 Å². The number of hydrogen-bond acceptors (Lipinski definition) is 5. The zero-order chi connectivity index (χ0) is 20.5. The minimum absolute atomic E-state index is 0.0478. The first-order chi connectivity index (χ1) is 14.7. The minimum Gasteiger partial charge on any atom is -0.448 e. The highest BCUT2D eigenvalue weighted by atomic mass is 79.9. The number of nitrogens with zero attached hydrogens (tertiary/aromatic N) is 3. The molecule has 5 rings (SSSR count). The number of rotatable bonds is 3. The van der Waals surface area contributed by atoms with Gasteiger partial charge in [-0.3, -0.25) is 4.90 Å². The van der Waals surface area contributed by atoms with Gasteiger partial charge in [-0.05, 0) is 38.2 Å². The molecule has 2 heterocycles. The van der Waals surface area contributed by atoms with E-state index >= 15 is 0 Å². The maximum Gasteiger partial charge on any atom is 0.410 e. The number of hydrogen-bond donors (Lipinski definition) is 1. The summed E-state index contributed by atoms with van der Waals surface area (Å²) in [6.07, 6.45) is 3.08. The molecule has 1 aliphatic heterocycles. The van der Waals surface area contributed by atoms with Crippen LogP contribution in [0.2, 0.25) is 0 Å². The molecule has 152 valence electrons. The largest absolute Gasteiger partial charge is 0.448 e. The van der Waals surface area contributed by atoms with E-state index in [0.29, 0.717) is 25.5 Å². The summed E-state index contributed by atoms with van der Waals surface area (Å²) in [7, 11) is 0. The Hall–Kier alpha value is -2.77. The lowest BCUT2D eigenvalue weighted by Crippen LogP contribution is -2.49. The Morgan fingerprint density at radius 2 is 1.70 bits per heavy atom. The highest BCUT2D eigenvalue weighted by Gasteiger charge is 2.33. The summed E-state index contributed by atoms with van der Waals surface area (Å²) in [5, 5.41) is 3.31. The number of benzene rings is 2. The number of piperazine rings is 1. The second-order valence-electron chi connectivity index (χ2n) is 7.48. The van der Waals surface area contributed by atoms with Crippen molar-refractivity contribution in [3.8, 4) is 11.1 Å². The smallest absolute Gasteiger partial charge is 0.410 e. The van der Waals surface area contributed by atoms with Crippen LogP contribution in [0, 0.1) is 0 Å². The van der Waals surface area contributed by atoms with Crippen molar-refractivity contribution in [2.45, 2.75) is 12.0 Å². The number of amides is 1. The second kappa shape index (κ2) is 8.16. The van der Waals surface area contributed by atoms with E-state index in [1.165, 1.54) is 22.3 Å². The second-order valence-corrected chi connectivity index (χ2v) is 8.39. The average Bonchev–Trinajstić information content (AvgIpc) is 3.12. The van der Waals surface area contributed by atoms with Crippen LogP contribution in [-0.2, 0) is 4.74 Å². The van der Waals surface area contributed by atoms with E-state index in [9.17, 15) is 4.79 Å². The fourth-order valence-corrected chi connectivity index (χ4v) is 4.53. The normalized spacial score (nSPS) is 18.0. The molecule has 30 heavy (non-hydrogen) atoms. The third-order valence-electron chi connectivity index (χ3n) is 5.75. The molecule has 7 heteroatoms. The fourth-order valence-electron chi connectivity index (χ4n) is 4.32. The minimum atomic E-state index is -0.324. The number of fused-ring (bicyclic) bond motifs is 3. The molecule has 2 aliphatic rings. The van der Waals surface area contributed by atoms with E-state index in [1.807, 2.05) is 24.3 Å². The molecular formula is C23H21BrN4O2. The van der Waals surface area contributed by atoms with Gasteiger partial charge in [0.15, 0.2) is 5.82 Å². The summed E-state index contributed by atoms with van der Waals surface area (Å²) in [6, 6.07) is 16.4. The average molecular weight is 465 g/mol. The molecule has 1 saturated heterocycles. The van der Waals surface area contributed by atoms with Gasteiger partial charge in [0.1, 0.15) is 12.6 Å². The summed E-state index contributed by atoms with van der Waals surface area (Å²) >= 11 is 3.36. The van der Waals surface area contributed by atoms with Crippen molar-refractivity contribution in [1.29, 1.82) is 0 Å². The van der Waals surface area contributed by atoms with E-state index < -0.39 is 0 Å². The van der Waals surface area contributed by atoms with Crippen LogP contribution < -0.4 is 5.32 Å². The van der Waals surface area contributed by atoms with Crippen LogP contribution in [0.5, 0.6) is 0 Å². The van der Waals surface area contributed by atoms with Crippen LogP contribution in [0.25, 0.3) is 11.1 Å². The van der Waals surface area contributed by atoms with Gasteiger partial charge in [-0.15, -0.1) is 0 Å². The highest BCUT2D eigenvalue weighted by Crippen LogP contribution is 2.44. The van der Waals surface area contributed by atoms with Gasteiger partial charge in [-0.25, -0.2) is 14.8 Å². The van der Waals surface area contributed by atoms with E-state index in [0.717, 1.165) is 11.0 Å². The van der Waals surface area contributed by atoms with Gasteiger partial charge in [0.25, 0.3) is 0 Å². The van der Waals surface area contributed by atoms with Crippen LogP contribution in [0.15, 0.2) is 65.4 Å². The van der Waals surface area contributed by atoms with Gasteiger partial charge in [0, 0.05) is 37.9 Å². The van der Waals surface area contributed by atoms with Gasteiger partial charge >= 0.3 is 6.09 Å². The van der Waals surface area contributed by atoms with Crippen molar-refractivity contribution >= 4 is 22.0 Å². The Kier molecular flexibility index (Phi) is 5.23. The van der Waals surface area contributed by atoms with E-state index in [4.69, 9.17) is 4.74 Å². The first kappa shape index (κ1) is 19.2. The predicted octanol–water partition coefficient (Wildman–Crippen LogP) is 4.13. The molecule has 1 amide bonds. The molecule has 1 aromatic heterocycles. The van der Waals surface area contributed by atoms with E-state index in [1.54, 1.807) is 17.3 Å². The van der Waals surface area contributed by atoms with Crippen molar-refractivity contribution in [1.82, 2.24) is 20.2 Å². The lowest BCUT2D eigenvalue weighted by molar-refractivity contribution is 0.0733. The molecule has 2 aromatic carbocycles. The molecule has 3 aromatic rings. The molecule has 1 aliphatic carbocycles. The van der Waals surface area contributed by atoms with Gasteiger partial charge in [0.05, 0.1) is 4.47 Å². The first-order valence-corrected chi connectivity index (χ1v) is 10.8. The Balaban J connectivity index is 1.35. The zero-order valence-electron chi connectivity index (χ0n) is 16.3. The number of ether oxygens (including phenoxy) is 1. The molecule has 1 atom stereocenters. The monoisotopic (exact) mass is 464 g/mol. The first-order valence-electron chi connectivity index (χ1n) is 10.0. The third kappa shape index (κ3) is 3.48. The van der Waals surface area contributed by atoms with Crippen LogP contribution in [-0.4, -0.2) is 47.2 Å².